The van der Waals surface area contributed by atoms with Gasteiger partial charge in [-0.05, 0) is 89.6 Å². The van der Waals surface area contributed by atoms with Gasteiger partial charge in [-0.2, -0.15) is 0 Å². The summed E-state index contributed by atoms with van der Waals surface area (Å²) in [7, 11) is 0. The van der Waals surface area contributed by atoms with Gasteiger partial charge in [-0.1, -0.05) is 24.6 Å². The normalized spacial score (nSPS) is 16.9. The van der Waals surface area contributed by atoms with E-state index in [4.69, 9.17) is 19.3 Å². The molecule has 5 rings (SSSR count). The highest BCUT2D eigenvalue weighted by Gasteiger charge is 2.43. The van der Waals surface area contributed by atoms with Gasteiger partial charge < -0.3 is 34.4 Å². The molecule has 0 unspecified atom stereocenters. The summed E-state index contributed by atoms with van der Waals surface area (Å²) in [6, 6.07) is 12.3. The van der Waals surface area contributed by atoms with Crippen LogP contribution in [0, 0.1) is 5.92 Å². The number of fused-ring (bicyclic) bond motifs is 1. The first kappa shape index (κ1) is 36.5. The smallest absolute Gasteiger partial charge is 0.410 e. The molecular formula is C37H51F2N5O5. The third-order valence-corrected chi connectivity index (χ3v) is 9.18. The van der Waals surface area contributed by atoms with Crippen LogP contribution in [0.3, 0.4) is 0 Å². The van der Waals surface area contributed by atoms with Crippen molar-refractivity contribution in [3.63, 3.8) is 0 Å². The minimum Gasteiger partial charge on any atom is -0.476 e. The first-order valence-electron chi connectivity index (χ1n) is 17.6. The Balaban J connectivity index is 1.31. The molecule has 1 atom stereocenters. The van der Waals surface area contributed by atoms with E-state index in [0.717, 1.165) is 55.2 Å². The number of carbonyl (C=O) groups excluding carboxylic acids is 1. The highest BCUT2D eigenvalue weighted by atomic mass is 19.3. The molecule has 268 valence electrons. The van der Waals surface area contributed by atoms with E-state index in [1.165, 1.54) is 11.0 Å². The number of nitrogens with zero attached hydrogens (tertiary/aromatic N) is 4. The van der Waals surface area contributed by atoms with Gasteiger partial charge in [0.2, 0.25) is 5.88 Å². The predicted molar refractivity (Wildman–Crippen MR) is 187 cm³/mol. The minimum absolute atomic E-state index is 0.0387. The first-order valence-corrected chi connectivity index (χ1v) is 17.6. The summed E-state index contributed by atoms with van der Waals surface area (Å²) in [4.78, 5) is 16.3. The number of carbonyl (C=O) groups is 1. The van der Waals surface area contributed by atoms with Crippen LogP contribution in [-0.2, 0) is 15.4 Å². The molecule has 1 aromatic heterocycles. The number of benzene rings is 2. The van der Waals surface area contributed by atoms with Crippen molar-refractivity contribution in [2.24, 2.45) is 5.92 Å². The number of piperidine rings is 1. The fourth-order valence-corrected chi connectivity index (χ4v) is 6.38. The third kappa shape index (κ3) is 9.48. The minimum atomic E-state index is -3.06. The summed E-state index contributed by atoms with van der Waals surface area (Å²) >= 11 is 0. The number of hydrogen-bond donors (Lipinski definition) is 2. The molecule has 0 radical (unpaired) electrons. The number of likely N-dealkylation sites (tertiary alicyclic amines) is 1. The quantitative estimate of drug-likeness (QED) is 0.179. The number of aliphatic hydroxyl groups is 1. The SMILES string of the molecule is C[C@@H](Nc1nnc(OCCCCCCO)c2cc(N3CCOCC3)ccc12)c1cccc(C(F)(F)C2CCN(C(=O)OC(C)(C)C)CC2)c1. The summed E-state index contributed by atoms with van der Waals surface area (Å²) < 4.78 is 49.0. The van der Waals surface area contributed by atoms with E-state index in [1.807, 2.05) is 19.1 Å². The van der Waals surface area contributed by atoms with Crippen molar-refractivity contribution < 1.29 is 32.9 Å². The molecule has 2 N–H and O–H groups in total. The number of nitrogens with one attached hydrogen (secondary N) is 1. The number of unbranched alkanes of at least 4 members (excludes halogenated alkanes) is 3. The van der Waals surface area contributed by atoms with Gasteiger partial charge >= 0.3 is 6.09 Å². The van der Waals surface area contributed by atoms with E-state index in [1.54, 1.807) is 32.9 Å². The zero-order valence-corrected chi connectivity index (χ0v) is 29.2. The number of anilines is 2. The van der Waals surface area contributed by atoms with Crippen LogP contribution in [0.15, 0.2) is 42.5 Å². The Kier molecular flexibility index (Phi) is 12.1. The molecular weight excluding hydrogens is 632 g/mol. The molecule has 2 aliphatic rings. The highest BCUT2D eigenvalue weighted by Crippen LogP contribution is 2.42. The van der Waals surface area contributed by atoms with Crippen LogP contribution < -0.4 is 15.0 Å². The molecule has 10 nitrogen and oxygen atoms in total. The number of halogens is 2. The van der Waals surface area contributed by atoms with E-state index < -0.39 is 23.5 Å². The van der Waals surface area contributed by atoms with Crippen LogP contribution in [0.5, 0.6) is 5.88 Å². The van der Waals surface area contributed by atoms with Crippen LogP contribution in [-0.4, -0.2) is 84.5 Å². The van der Waals surface area contributed by atoms with Crippen molar-refractivity contribution in [1.29, 1.82) is 0 Å². The molecule has 2 aliphatic heterocycles. The lowest BCUT2D eigenvalue weighted by molar-refractivity contribution is -0.0861. The Morgan fingerprint density at radius 3 is 2.45 bits per heavy atom. The van der Waals surface area contributed by atoms with Crippen LogP contribution >= 0.6 is 0 Å². The number of aromatic nitrogens is 2. The third-order valence-electron chi connectivity index (χ3n) is 9.18. The van der Waals surface area contributed by atoms with Gasteiger partial charge in [0.05, 0.1) is 31.2 Å². The van der Waals surface area contributed by atoms with E-state index >= 15 is 8.78 Å². The van der Waals surface area contributed by atoms with Crippen LogP contribution in [0.4, 0.5) is 25.1 Å². The van der Waals surface area contributed by atoms with Gasteiger partial charge in [-0.3, -0.25) is 0 Å². The average Bonchev–Trinajstić information content (AvgIpc) is 3.10. The van der Waals surface area contributed by atoms with Gasteiger partial charge in [-0.25, -0.2) is 13.6 Å². The van der Waals surface area contributed by atoms with Crippen molar-refractivity contribution in [3.05, 3.63) is 53.6 Å². The van der Waals surface area contributed by atoms with Crippen molar-refractivity contribution in [2.75, 3.05) is 62.8 Å². The molecule has 49 heavy (non-hydrogen) atoms. The lowest BCUT2D eigenvalue weighted by Gasteiger charge is -2.36. The molecule has 12 heteroatoms. The second-order valence-electron chi connectivity index (χ2n) is 14.0. The lowest BCUT2D eigenvalue weighted by Crippen LogP contribution is -2.44. The topological polar surface area (TPSA) is 109 Å². The maximum Gasteiger partial charge on any atom is 0.410 e. The Labute approximate surface area is 288 Å². The van der Waals surface area contributed by atoms with Crippen LogP contribution in [0.2, 0.25) is 0 Å². The van der Waals surface area contributed by atoms with Crippen molar-refractivity contribution >= 4 is 28.4 Å². The first-order chi connectivity index (χ1) is 23.5. The Morgan fingerprint density at radius 1 is 1.00 bits per heavy atom. The van der Waals surface area contributed by atoms with Crippen molar-refractivity contribution in [2.45, 2.75) is 83.8 Å². The number of ether oxygens (including phenoxy) is 3. The molecule has 0 saturated carbocycles. The van der Waals surface area contributed by atoms with Gasteiger partial charge in [0.1, 0.15) is 5.60 Å². The zero-order valence-electron chi connectivity index (χ0n) is 29.2. The van der Waals surface area contributed by atoms with E-state index in [2.05, 4.69) is 32.5 Å². The molecule has 0 spiro atoms. The van der Waals surface area contributed by atoms with E-state index in [0.29, 0.717) is 37.1 Å². The van der Waals surface area contributed by atoms with E-state index in [9.17, 15) is 4.79 Å². The standard InChI is InChI=1S/C37H51F2N5O5/c1-26(27-10-9-11-29(24-27)37(38,39)28-14-16-44(17-15-28)35(46)49-36(2,3)4)40-33-31-13-12-30(43-18-22-47-23-19-43)25-32(31)34(42-41-33)48-21-8-6-5-7-20-45/h9-13,24-26,28,45H,5-8,14-23H2,1-4H3,(H,40,41)/t26-/m1/s1. The number of morpholine rings is 1. The molecule has 0 bridgehead atoms. The molecule has 1 amide bonds. The number of amides is 1. The van der Waals surface area contributed by atoms with Crippen molar-refractivity contribution in [3.8, 4) is 5.88 Å². The maximum atomic E-state index is 15.9. The number of rotatable bonds is 13. The molecule has 3 aromatic rings. The number of aliphatic hydroxyl groups excluding tert-OH is 1. The monoisotopic (exact) mass is 683 g/mol. The van der Waals surface area contributed by atoms with Crippen molar-refractivity contribution in [1.82, 2.24) is 15.1 Å². The Bertz CT molecular complexity index is 1540. The summed E-state index contributed by atoms with van der Waals surface area (Å²) in [6.07, 6.45) is 3.43. The predicted octanol–water partition coefficient (Wildman–Crippen LogP) is 7.31. The molecule has 0 aliphatic carbocycles. The van der Waals surface area contributed by atoms with Gasteiger partial charge in [0, 0.05) is 55.3 Å². The summed E-state index contributed by atoms with van der Waals surface area (Å²) in [6.45, 7) is 11.3. The second kappa shape index (κ2) is 16.3. The molecule has 3 heterocycles. The zero-order chi connectivity index (χ0) is 35.0. The lowest BCUT2D eigenvalue weighted by atomic mass is 9.85. The summed E-state index contributed by atoms with van der Waals surface area (Å²) in [5, 5.41) is 23.1. The number of hydrogen-bond acceptors (Lipinski definition) is 9. The fourth-order valence-electron chi connectivity index (χ4n) is 6.38. The van der Waals surface area contributed by atoms with Gasteiger partial charge in [-0.15, -0.1) is 10.2 Å². The fraction of sp³-hybridized carbons (Fsp3) is 0.595. The van der Waals surface area contributed by atoms with Crippen LogP contribution in [0.25, 0.3) is 10.8 Å². The molecule has 2 saturated heterocycles. The summed E-state index contributed by atoms with van der Waals surface area (Å²) in [5.41, 5.74) is 1.07. The molecule has 2 fully saturated rings. The van der Waals surface area contributed by atoms with Gasteiger partial charge in [0.25, 0.3) is 5.92 Å². The highest BCUT2D eigenvalue weighted by molar-refractivity contribution is 5.97. The summed E-state index contributed by atoms with van der Waals surface area (Å²) in [5.74, 6) is -2.96. The largest absolute Gasteiger partial charge is 0.476 e. The molecule has 2 aromatic carbocycles. The van der Waals surface area contributed by atoms with Gasteiger partial charge in [0.15, 0.2) is 5.82 Å². The van der Waals surface area contributed by atoms with E-state index in [-0.39, 0.29) is 44.1 Å². The second-order valence-corrected chi connectivity index (χ2v) is 14.0. The Morgan fingerprint density at radius 2 is 1.73 bits per heavy atom. The average molecular weight is 684 g/mol. The number of alkyl halides is 2. The Hall–Kier alpha value is -3.77. The van der Waals surface area contributed by atoms with Crippen LogP contribution in [0.1, 0.15) is 83.4 Å². The maximum absolute atomic E-state index is 15.9.